The molecule has 2 aromatic carbocycles. The lowest BCUT2D eigenvalue weighted by atomic mass is 10.0. The van der Waals surface area contributed by atoms with Gasteiger partial charge in [-0.05, 0) is 17.7 Å². The molecular weight excluding hydrogens is 263 g/mol. The highest BCUT2D eigenvalue weighted by Gasteiger charge is 2.15. The maximum absolute atomic E-state index is 12.9. The summed E-state index contributed by atoms with van der Waals surface area (Å²) in [5, 5.41) is 23.1. The van der Waals surface area contributed by atoms with Crippen molar-refractivity contribution in [3.8, 4) is 0 Å². The van der Waals surface area contributed by atoms with E-state index in [1.54, 1.807) is 18.2 Å². The topological polar surface area (TPSA) is 75.7 Å². The van der Waals surface area contributed by atoms with Gasteiger partial charge in [-0.25, -0.2) is 4.39 Å². The Kier molecular flexibility index (Phi) is 4.05. The van der Waals surface area contributed by atoms with Gasteiger partial charge in [0.1, 0.15) is 5.82 Å². The third kappa shape index (κ3) is 2.97. The molecule has 0 saturated heterocycles. The third-order valence-electron chi connectivity index (χ3n) is 2.84. The summed E-state index contributed by atoms with van der Waals surface area (Å²) in [7, 11) is 0. The summed E-state index contributed by atoms with van der Waals surface area (Å²) in [5.74, 6) is -0.406. The first-order valence-electron chi connectivity index (χ1n) is 5.81. The van der Waals surface area contributed by atoms with E-state index in [2.05, 4.69) is 5.16 Å². The summed E-state index contributed by atoms with van der Waals surface area (Å²) in [6.45, 7) is 0. The van der Waals surface area contributed by atoms with Crippen LogP contribution in [0.3, 0.4) is 0 Å². The second-order valence-electron chi connectivity index (χ2n) is 4.12. The maximum Gasteiger partial charge on any atom is 0.272 e. The zero-order valence-corrected chi connectivity index (χ0v) is 10.4. The van der Waals surface area contributed by atoms with Crippen LogP contribution in [0, 0.1) is 15.9 Å². The van der Waals surface area contributed by atoms with E-state index < -0.39 is 10.7 Å². The Balaban J connectivity index is 2.32. The van der Waals surface area contributed by atoms with Crippen LogP contribution in [0.5, 0.6) is 0 Å². The van der Waals surface area contributed by atoms with Gasteiger partial charge in [0.15, 0.2) is 0 Å². The molecule has 2 aromatic rings. The number of hydrogen-bond acceptors (Lipinski definition) is 4. The van der Waals surface area contributed by atoms with E-state index in [9.17, 15) is 14.5 Å². The first kappa shape index (κ1) is 13.7. The molecule has 0 radical (unpaired) electrons. The molecule has 0 atom stereocenters. The number of benzene rings is 2. The zero-order chi connectivity index (χ0) is 14.5. The van der Waals surface area contributed by atoms with Crippen molar-refractivity contribution in [2.75, 3.05) is 0 Å². The van der Waals surface area contributed by atoms with Gasteiger partial charge in [-0.1, -0.05) is 35.5 Å². The number of para-hydroxylation sites is 1. The lowest BCUT2D eigenvalue weighted by Gasteiger charge is -2.05. The Morgan fingerprint density at radius 1 is 1.20 bits per heavy atom. The maximum atomic E-state index is 12.9. The number of hydrogen-bond donors (Lipinski definition) is 1. The van der Waals surface area contributed by atoms with Crippen molar-refractivity contribution >= 4 is 11.4 Å². The molecule has 0 bridgehead atoms. The van der Waals surface area contributed by atoms with Crippen LogP contribution in [-0.2, 0) is 6.42 Å². The first-order chi connectivity index (χ1) is 9.61. The highest BCUT2D eigenvalue weighted by molar-refractivity contribution is 6.01. The van der Waals surface area contributed by atoms with Crippen molar-refractivity contribution in [1.29, 1.82) is 0 Å². The molecule has 0 fully saturated rings. The largest absolute Gasteiger partial charge is 0.411 e. The molecule has 20 heavy (non-hydrogen) atoms. The van der Waals surface area contributed by atoms with Gasteiger partial charge in [-0.2, -0.15) is 0 Å². The summed E-state index contributed by atoms with van der Waals surface area (Å²) in [6.07, 6.45) is 0.0826. The summed E-state index contributed by atoms with van der Waals surface area (Å²) >= 11 is 0. The van der Waals surface area contributed by atoms with Crippen LogP contribution in [0.15, 0.2) is 53.7 Å². The van der Waals surface area contributed by atoms with Gasteiger partial charge in [-0.15, -0.1) is 0 Å². The van der Waals surface area contributed by atoms with Gasteiger partial charge in [0, 0.05) is 18.1 Å². The Labute approximate surface area is 114 Å². The van der Waals surface area contributed by atoms with Crippen LogP contribution in [0.4, 0.5) is 10.1 Å². The smallest absolute Gasteiger partial charge is 0.272 e. The molecule has 6 heteroatoms. The van der Waals surface area contributed by atoms with Crippen molar-refractivity contribution < 1.29 is 14.5 Å². The number of halogens is 1. The fourth-order valence-corrected chi connectivity index (χ4v) is 1.86. The van der Waals surface area contributed by atoms with Crippen LogP contribution < -0.4 is 0 Å². The van der Waals surface area contributed by atoms with E-state index in [0.717, 1.165) is 0 Å². The second-order valence-corrected chi connectivity index (χ2v) is 4.12. The van der Waals surface area contributed by atoms with Crippen molar-refractivity contribution in [2.24, 2.45) is 5.16 Å². The minimum Gasteiger partial charge on any atom is -0.411 e. The predicted molar refractivity (Wildman–Crippen MR) is 71.5 cm³/mol. The highest BCUT2D eigenvalue weighted by atomic mass is 19.1. The fourth-order valence-electron chi connectivity index (χ4n) is 1.86. The average Bonchev–Trinajstić information content (AvgIpc) is 2.46. The number of nitrogens with zero attached hydrogens (tertiary/aromatic N) is 2. The number of oxime groups is 1. The lowest BCUT2D eigenvalue weighted by Crippen LogP contribution is -2.07. The summed E-state index contributed by atoms with van der Waals surface area (Å²) in [5.41, 5.74) is 1.12. The minimum atomic E-state index is -0.491. The molecule has 1 N–H and O–H groups in total. The summed E-state index contributed by atoms with van der Waals surface area (Å²) in [6, 6.07) is 11.6. The molecule has 5 nitrogen and oxygen atoms in total. The van der Waals surface area contributed by atoms with Gasteiger partial charge < -0.3 is 5.21 Å². The van der Waals surface area contributed by atoms with Crippen molar-refractivity contribution in [3.05, 3.63) is 75.6 Å². The van der Waals surface area contributed by atoms with Crippen molar-refractivity contribution in [2.45, 2.75) is 6.42 Å². The molecule has 0 unspecified atom stereocenters. The number of nitro benzene ring substituents is 1. The van der Waals surface area contributed by atoms with Gasteiger partial charge in [-0.3, -0.25) is 10.1 Å². The molecule has 0 aliphatic rings. The molecule has 2 rings (SSSR count). The molecule has 0 spiro atoms. The SMILES string of the molecule is O=[N+]([O-])c1ccccc1C/C(=N\O)c1ccc(F)cc1. The van der Waals surface area contributed by atoms with Crippen LogP contribution in [-0.4, -0.2) is 15.8 Å². The zero-order valence-electron chi connectivity index (χ0n) is 10.4. The molecule has 0 saturated carbocycles. The molecule has 0 amide bonds. The van der Waals surface area contributed by atoms with Crippen LogP contribution in [0.25, 0.3) is 0 Å². The Bertz CT molecular complexity index is 654. The van der Waals surface area contributed by atoms with Gasteiger partial charge >= 0.3 is 0 Å². The molecular formula is C14H11FN2O3. The summed E-state index contributed by atoms with van der Waals surface area (Å²) < 4.78 is 12.9. The van der Waals surface area contributed by atoms with Crippen molar-refractivity contribution in [3.63, 3.8) is 0 Å². The van der Waals surface area contributed by atoms with Gasteiger partial charge in [0.05, 0.1) is 10.6 Å². The monoisotopic (exact) mass is 274 g/mol. The third-order valence-corrected chi connectivity index (χ3v) is 2.84. The number of nitro groups is 1. The van der Waals surface area contributed by atoms with E-state index in [0.29, 0.717) is 11.1 Å². The van der Waals surface area contributed by atoms with E-state index in [1.165, 1.54) is 30.3 Å². The van der Waals surface area contributed by atoms with Gasteiger partial charge in [0.2, 0.25) is 0 Å². The predicted octanol–water partition coefficient (Wildman–Crippen LogP) is 3.15. The Morgan fingerprint density at radius 3 is 2.45 bits per heavy atom. The second kappa shape index (κ2) is 5.92. The average molecular weight is 274 g/mol. The van der Waals surface area contributed by atoms with Gasteiger partial charge in [0.25, 0.3) is 5.69 Å². The van der Waals surface area contributed by atoms with Crippen LogP contribution in [0.1, 0.15) is 11.1 Å². The molecule has 0 aliphatic heterocycles. The molecule has 0 aliphatic carbocycles. The van der Waals surface area contributed by atoms with E-state index in [4.69, 9.17) is 5.21 Å². The highest BCUT2D eigenvalue weighted by Crippen LogP contribution is 2.20. The number of rotatable bonds is 4. The van der Waals surface area contributed by atoms with E-state index >= 15 is 0 Å². The quantitative estimate of drug-likeness (QED) is 0.402. The van der Waals surface area contributed by atoms with E-state index in [-0.39, 0.29) is 17.8 Å². The minimum absolute atomic E-state index is 0.0456. The fraction of sp³-hybridized carbons (Fsp3) is 0.0714. The summed E-state index contributed by atoms with van der Waals surface area (Å²) in [4.78, 5) is 10.4. The normalized spacial score (nSPS) is 11.3. The molecule has 102 valence electrons. The lowest BCUT2D eigenvalue weighted by molar-refractivity contribution is -0.385. The molecule has 0 heterocycles. The van der Waals surface area contributed by atoms with Crippen LogP contribution >= 0.6 is 0 Å². The molecule has 0 aromatic heterocycles. The van der Waals surface area contributed by atoms with Crippen LogP contribution in [0.2, 0.25) is 0 Å². The first-order valence-corrected chi connectivity index (χ1v) is 5.81. The van der Waals surface area contributed by atoms with E-state index in [1.807, 2.05) is 0 Å². The van der Waals surface area contributed by atoms with Crippen molar-refractivity contribution in [1.82, 2.24) is 0 Å². The Hall–Kier alpha value is -2.76. The standard InChI is InChI=1S/C14H11FN2O3/c15-12-7-5-10(6-8-12)13(16-18)9-11-3-1-2-4-14(11)17(19)20/h1-8,18H,9H2/b16-13+. The Morgan fingerprint density at radius 2 is 1.85 bits per heavy atom.